The molecule has 0 fully saturated rings. The average Bonchev–Trinajstić information content (AvgIpc) is 2.74. The Balaban J connectivity index is 2.41. The Morgan fingerprint density at radius 1 is 1.50 bits per heavy atom. The highest BCUT2D eigenvalue weighted by atomic mass is 32.2. The van der Waals surface area contributed by atoms with Crippen LogP contribution in [0, 0.1) is 17.0 Å². The Morgan fingerprint density at radius 3 is 2.83 bits per heavy atom. The number of aromatic nitrogens is 2. The number of rotatable bonds is 4. The van der Waals surface area contributed by atoms with Gasteiger partial charge in [-0.25, -0.2) is 0 Å². The third-order valence-corrected chi connectivity index (χ3v) is 2.93. The zero-order valence-corrected chi connectivity index (χ0v) is 10.1. The van der Waals surface area contributed by atoms with Gasteiger partial charge in [0, 0.05) is 6.92 Å². The summed E-state index contributed by atoms with van der Waals surface area (Å²) >= 11 is 1.02. The van der Waals surface area contributed by atoms with Gasteiger partial charge in [0.05, 0.1) is 9.82 Å². The molecule has 0 atom stereocenters. The maximum absolute atomic E-state index is 11.0. The highest BCUT2D eigenvalue weighted by Crippen LogP contribution is 2.38. The van der Waals surface area contributed by atoms with E-state index in [1.165, 1.54) is 6.07 Å². The summed E-state index contributed by atoms with van der Waals surface area (Å²) in [5.41, 5.74) is 2.39. The summed E-state index contributed by atoms with van der Waals surface area (Å²) in [6, 6.07) is 4.75. The molecule has 1 aromatic carbocycles. The highest BCUT2D eigenvalue weighted by Gasteiger charge is 2.21. The van der Waals surface area contributed by atoms with Crippen LogP contribution in [0.2, 0.25) is 0 Å². The molecule has 0 radical (unpaired) electrons. The van der Waals surface area contributed by atoms with Crippen molar-refractivity contribution in [2.24, 2.45) is 5.84 Å². The summed E-state index contributed by atoms with van der Waals surface area (Å²) in [7, 11) is 0. The Hall–Kier alpha value is -2.13. The maximum Gasteiger partial charge on any atom is 0.307 e. The van der Waals surface area contributed by atoms with Crippen molar-refractivity contribution in [2.45, 2.75) is 17.0 Å². The molecule has 0 amide bonds. The molecule has 9 heteroatoms. The molecule has 2 aromatic rings. The SMILES string of the molecule is Cc1nnc(Sc2cccc(NN)c2[N+](=O)[O-])o1. The number of nitrogen functional groups attached to an aromatic ring is 1. The van der Waals surface area contributed by atoms with Gasteiger partial charge in [0.15, 0.2) is 0 Å². The van der Waals surface area contributed by atoms with E-state index in [-0.39, 0.29) is 16.6 Å². The van der Waals surface area contributed by atoms with Gasteiger partial charge in [-0.15, -0.1) is 10.2 Å². The zero-order chi connectivity index (χ0) is 13.1. The molecular weight excluding hydrogens is 258 g/mol. The van der Waals surface area contributed by atoms with Crippen molar-refractivity contribution in [3.8, 4) is 0 Å². The van der Waals surface area contributed by atoms with Crippen LogP contribution in [0.3, 0.4) is 0 Å². The predicted octanol–water partition coefficient (Wildman–Crippen LogP) is 1.72. The van der Waals surface area contributed by atoms with E-state index in [0.717, 1.165) is 11.8 Å². The Bertz CT molecular complexity index is 585. The zero-order valence-electron chi connectivity index (χ0n) is 9.28. The van der Waals surface area contributed by atoms with Gasteiger partial charge >= 0.3 is 5.69 Å². The standard InChI is InChI=1S/C9H9N5O3S/c1-5-12-13-9(17-5)18-7-4-2-3-6(11-10)8(7)14(15)16/h2-4,11H,10H2,1H3. The van der Waals surface area contributed by atoms with Crippen LogP contribution in [0.1, 0.15) is 5.89 Å². The molecule has 0 aliphatic heterocycles. The average molecular weight is 267 g/mol. The fraction of sp³-hybridized carbons (Fsp3) is 0.111. The second-order valence-corrected chi connectivity index (χ2v) is 4.24. The molecule has 18 heavy (non-hydrogen) atoms. The van der Waals surface area contributed by atoms with Gasteiger partial charge in [-0.3, -0.25) is 16.0 Å². The van der Waals surface area contributed by atoms with E-state index in [0.29, 0.717) is 10.8 Å². The van der Waals surface area contributed by atoms with Gasteiger partial charge in [-0.05, 0) is 23.9 Å². The van der Waals surface area contributed by atoms with Crippen molar-refractivity contribution < 1.29 is 9.34 Å². The third kappa shape index (κ3) is 2.41. The van der Waals surface area contributed by atoms with Crippen LogP contribution in [-0.4, -0.2) is 15.1 Å². The number of nitrogens with two attached hydrogens (primary N) is 1. The number of nitrogens with one attached hydrogen (secondary N) is 1. The van der Waals surface area contributed by atoms with Gasteiger partial charge in [-0.2, -0.15) is 0 Å². The van der Waals surface area contributed by atoms with Crippen LogP contribution >= 0.6 is 11.8 Å². The van der Waals surface area contributed by atoms with E-state index in [9.17, 15) is 10.1 Å². The lowest BCUT2D eigenvalue weighted by molar-refractivity contribution is -0.386. The van der Waals surface area contributed by atoms with E-state index in [4.69, 9.17) is 10.3 Å². The lowest BCUT2D eigenvalue weighted by atomic mass is 10.3. The van der Waals surface area contributed by atoms with Crippen molar-refractivity contribution in [2.75, 3.05) is 5.43 Å². The van der Waals surface area contributed by atoms with Crippen LogP contribution in [-0.2, 0) is 0 Å². The number of aryl methyl sites for hydroxylation is 1. The molecule has 1 aromatic heterocycles. The molecule has 8 nitrogen and oxygen atoms in total. The predicted molar refractivity (Wildman–Crippen MR) is 64.1 cm³/mol. The van der Waals surface area contributed by atoms with Crippen LogP contribution in [0.4, 0.5) is 11.4 Å². The maximum atomic E-state index is 11.0. The summed E-state index contributed by atoms with van der Waals surface area (Å²) in [6.07, 6.45) is 0. The first kappa shape index (κ1) is 12.3. The van der Waals surface area contributed by atoms with Gasteiger partial charge in [0.1, 0.15) is 5.69 Å². The summed E-state index contributed by atoms with van der Waals surface area (Å²) in [5.74, 6) is 5.64. The van der Waals surface area contributed by atoms with Gasteiger partial charge in [0.2, 0.25) is 5.89 Å². The van der Waals surface area contributed by atoms with E-state index in [1.807, 2.05) is 0 Å². The summed E-state index contributed by atoms with van der Waals surface area (Å²) < 4.78 is 5.16. The minimum Gasteiger partial charge on any atom is -0.416 e. The fourth-order valence-corrected chi connectivity index (χ4v) is 2.18. The largest absolute Gasteiger partial charge is 0.416 e. The molecule has 2 rings (SSSR count). The summed E-state index contributed by atoms with van der Waals surface area (Å²) in [4.78, 5) is 10.9. The lowest BCUT2D eigenvalue weighted by Gasteiger charge is -2.04. The van der Waals surface area contributed by atoms with Gasteiger partial charge in [-0.1, -0.05) is 6.07 Å². The number of hydrogen-bond donors (Lipinski definition) is 2. The van der Waals surface area contributed by atoms with E-state index in [2.05, 4.69) is 15.6 Å². The molecule has 0 saturated heterocycles. The summed E-state index contributed by atoms with van der Waals surface area (Å²) in [6.45, 7) is 1.64. The monoisotopic (exact) mass is 267 g/mol. The topological polar surface area (TPSA) is 120 Å². The number of hydrazine groups is 1. The normalized spacial score (nSPS) is 10.3. The number of anilines is 1. The van der Waals surface area contributed by atoms with Crippen molar-refractivity contribution in [1.82, 2.24) is 10.2 Å². The number of nitro groups is 1. The Kier molecular flexibility index (Phi) is 3.44. The molecule has 0 unspecified atom stereocenters. The molecule has 94 valence electrons. The number of para-hydroxylation sites is 1. The molecule has 0 bridgehead atoms. The fourth-order valence-electron chi connectivity index (χ4n) is 1.32. The molecular formula is C9H9N5O3S. The first-order valence-electron chi connectivity index (χ1n) is 4.84. The van der Waals surface area contributed by atoms with E-state index >= 15 is 0 Å². The van der Waals surface area contributed by atoms with E-state index < -0.39 is 4.92 Å². The molecule has 3 N–H and O–H groups in total. The number of benzene rings is 1. The smallest absolute Gasteiger partial charge is 0.307 e. The third-order valence-electron chi connectivity index (χ3n) is 2.04. The first-order chi connectivity index (χ1) is 8.61. The van der Waals surface area contributed by atoms with Crippen molar-refractivity contribution in [3.63, 3.8) is 0 Å². The number of nitro benzene ring substituents is 1. The first-order valence-corrected chi connectivity index (χ1v) is 5.65. The van der Waals surface area contributed by atoms with Crippen molar-refractivity contribution in [1.29, 1.82) is 0 Å². The van der Waals surface area contributed by atoms with Crippen LogP contribution < -0.4 is 11.3 Å². The van der Waals surface area contributed by atoms with Crippen LogP contribution in [0.15, 0.2) is 32.7 Å². The quantitative estimate of drug-likeness (QED) is 0.488. The van der Waals surface area contributed by atoms with Gasteiger partial charge in [0.25, 0.3) is 5.22 Å². The molecule has 1 heterocycles. The van der Waals surface area contributed by atoms with E-state index in [1.54, 1.807) is 19.1 Å². The molecule has 0 spiro atoms. The Morgan fingerprint density at radius 2 is 2.28 bits per heavy atom. The van der Waals surface area contributed by atoms with Crippen LogP contribution in [0.25, 0.3) is 0 Å². The minimum absolute atomic E-state index is 0.124. The minimum atomic E-state index is -0.513. The van der Waals surface area contributed by atoms with Crippen molar-refractivity contribution >= 4 is 23.1 Å². The number of nitrogens with zero attached hydrogens (tertiary/aromatic N) is 3. The second-order valence-electron chi connectivity index (χ2n) is 3.24. The lowest BCUT2D eigenvalue weighted by Crippen LogP contribution is -2.09. The van der Waals surface area contributed by atoms with Crippen LogP contribution in [0.5, 0.6) is 0 Å². The molecule has 0 saturated carbocycles. The highest BCUT2D eigenvalue weighted by molar-refractivity contribution is 7.99. The number of hydrogen-bond acceptors (Lipinski definition) is 8. The second kappa shape index (κ2) is 5.02. The molecule has 0 aliphatic rings. The Labute approximate surface area is 106 Å². The van der Waals surface area contributed by atoms with Crippen molar-refractivity contribution in [3.05, 3.63) is 34.2 Å². The van der Waals surface area contributed by atoms with Gasteiger partial charge < -0.3 is 9.84 Å². The summed E-state index contributed by atoms with van der Waals surface area (Å²) in [5, 5.41) is 18.7. The molecule has 0 aliphatic carbocycles.